The van der Waals surface area contributed by atoms with Crippen LogP contribution in [0.25, 0.3) is 0 Å². The number of hydrogen-bond donors (Lipinski definition) is 3. The molecule has 3 saturated carbocycles. The number of carbonyl (C=O) groups excluding carboxylic acids is 2. The number of aliphatic hydroxyl groups is 1. The molecular formula is C26H25F5N2O8. The van der Waals surface area contributed by atoms with E-state index < -0.39 is 60.6 Å². The van der Waals surface area contributed by atoms with Gasteiger partial charge >= 0.3 is 12.7 Å². The van der Waals surface area contributed by atoms with Gasteiger partial charge in [0.1, 0.15) is 17.2 Å². The number of amides is 2. The molecule has 41 heavy (non-hydrogen) atoms. The number of ether oxygens (including phenoxy) is 5. The average Bonchev–Trinajstić information content (AvgIpc) is 3.20. The molecule has 2 aromatic carbocycles. The lowest BCUT2D eigenvalue weighted by Crippen LogP contribution is -2.70. The average molecular weight is 588 g/mol. The summed E-state index contributed by atoms with van der Waals surface area (Å²) in [5, 5.41) is 16.6. The third kappa shape index (κ3) is 6.66. The predicted octanol–water partition coefficient (Wildman–Crippen LogP) is 3.41. The minimum atomic E-state index is -4.82. The van der Waals surface area contributed by atoms with Gasteiger partial charge in [-0.05, 0) is 68.5 Å². The van der Waals surface area contributed by atoms with Crippen LogP contribution in [0.2, 0.25) is 0 Å². The fraction of sp³-hybridized carbons (Fsp3) is 0.462. The van der Waals surface area contributed by atoms with E-state index in [4.69, 9.17) is 9.47 Å². The van der Waals surface area contributed by atoms with Gasteiger partial charge in [0.25, 0.3) is 11.8 Å². The lowest BCUT2D eigenvalue weighted by Gasteiger charge is -2.56. The fourth-order valence-electron chi connectivity index (χ4n) is 5.36. The molecule has 1 aliphatic heterocycles. The van der Waals surface area contributed by atoms with Crippen LogP contribution in [-0.2, 0) is 9.59 Å². The Hall–Kier alpha value is -4.01. The van der Waals surface area contributed by atoms with Crippen molar-refractivity contribution in [1.29, 1.82) is 0 Å². The van der Waals surface area contributed by atoms with E-state index in [0.29, 0.717) is 25.7 Å². The molecule has 2 aromatic rings. The molecule has 10 nitrogen and oxygen atoms in total. The van der Waals surface area contributed by atoms with Crippen molar-refractivity contribution in [2.75, 3.05) is 13.2 Å². The predicted molar refractivity (Wildman–Crippen MR) is 128 cm³/mol. The molecule has 0 saturated heterocycles. The second kappa shape index (κ2) is 10.4. The summed E-state index contributed by atoms with van der Waals surface area (Å²) < 4.78 is 86.5. The summed E-state index contributed by atoms with van der Waals surface area (Å²) in [5.41, 5.74) is -1.62. The van der Waals surface area contributed by atoms with Gasteiger partial charge in [0, 0.05) is 11.6 Å². The second-order valence-electron chi connectivity index (χ2n) is 10.1. The summed E-state index contributed by atoms with van der Waals surface area (Å²) in [7, 11) is 0. The Morgan fingerprint density at radius 3 is 2.05 bits per heavy atom. The van der Waals surface area contributed by atoms with Crippen LogP contribution in [0, 0.1) is 0 Å². The second-order valence-corrected chi connectivity index (χ2v) is 10.1. The van der Waals surface area contributed by atoms with Gasteiger partial charge in [-0.2, -0.15) is 0 Å². The number of fused-ring (bicyclic) bond motifs is 4. The van der Waals surface area contributed by atoms with Crippen molar-refractivity contribution in [3.63, 3.8) is 0 Å². The van der Waals surface area contributed by atoms with Crippen LogP contribution >= 0.6 is 0 Å². The molecule has 2 bridgehead atoms. The summed E-state index contributed by atoms with van der Waals surface area (Å²) in [6.07, 6.45) is -7.69. The van der Waals surface area contributed by atoms with Gasteiger partial charge in [-0.3, -0.25) is 9.59 Å². The highest BCUT2D eigenvalue weighted by molar-refractivity contribution is 5.79. The molecule has 0 radical (unpaired) electrons. The van der Waals surface area contributed by atoms with Crippen molar-refractivity contribution in [1.82, 2.24) is 10.6 Å². The first-order valence-corrected chi connectivity index (χ1v) is 12.6. The van der Waals surface area contributed by atoms with Crippen LogP contribution in [0.5, 0.6) is 28.7 Å². The first kappa shape index (κ1) is 28.5. The number of alkyl halides is 5. The van der Waals surface area contributed by atoms with Crippen molar-refractivity contribution < 1.29 is 60.3 Å². The summed E-state index contributed by atoms with van der Waals surface area (Å²) in [4.78, 5) is 25.2. The van der Waals surface area contributed by atoms with Crippen molar-refractivity contribution in [3.05, 3.63) is 42.5 Å². The lowest BCUT2D eigenvalue weighted by molar-refractivity contribution is -0.286. The van der Waals surface area contributed by atoms with E-state index in [1.165, 1.54) is 30.3 Å². The molecule has 0 spiro atoms. The zero-order valence-electron chi connectivity index (χ0n) is 21.3. The SMILES string of the molecule is O=C(COc1ccc(OC(F)(F)F)cc1)NC12CCC(NC(=O)COc3ccc4c(c3)OC(F)(F)O4)(CC1)[C@@H](O)C2. The van der Waals surface area contributed by atoms with Crippen LogP contribution in [0.4, 0.5) is 22.0 Å². The molecule has 3 N–H and O–H groups in total. The van der Waals surface area contributed by atoms with Crippen molar-refractivity contribution in [3.8, 4) is 28.7 Å². The van der Waals surface area contributed by atoms with Gasteiger partial charge in [0.05, 0.1) is 11.6 Å². The zero-order chi connectivity index (χ0) is 29.5. The molecule has 0 aromatic heterocycles. The largest absolute Gasteiger partial charge is 0.586 e. The van der Waals surface area contributed by atoms with Gasteiger partial charge < -0.3 is 39.4 Å². The Balaban J connectivity index is 1.08. The fourth-order valence-corrected chi connectivity index (χ4v) is 5.36. The van der Waals surface area contributed by atoms with E-state index in [9.17, 15) is 36.6 Å². The highest BCUT2D eigenvalue weighted by Crippen LogP contribution is 2.47. The van der Waals surface area contributed by atoms with E-state index in [2.05, 4.69) is 24.8 Å². The Morgan fingerprint density at radius 1 is 0.854 bits per heavy atom. The minimum absolute atomic E-state index is 0.111. The van der Waals surface area contributed by atoms with Crippen LogP contribution in [0.3, 0.4) is 0 Å². The van der Waals surface area contributed by atoms with Crippen LogP contribution in [0.1, 0.15) is 32.1 Å². The summed E-state index contributed by atoms with van der Waals surface area (Å²) in [6, 6.07) is 8.36. The first-order valence-electron chi connectivity index (χ1n) is 12.6. The molecule has 1 heterocycles. The summed E-state index contributed by atoms with van der Waals surface area (Å²) >= 11 is 0. The standard InChI is InChI=1S/C26H25F5N2O8/c27-25(28,29)39-16-3-1-15(2-4-16)37-13-21(35)32-23-7-9-24(10-8-23,20(34)12-23)33-22(36)14-38-17-5-6-18-19(11-17)41-26(30,31)40-18/h1-6,11,20,34H,7-10,12-14H2,(H,32,35)(H,33,36)/t20-,23?,24?/m0/s1. The number of nitrogens with one attached hydrogen (secondary N) is 2. The molecule has 1 atom stereocenters. The van der Waals surface area contributed by atoms with E-state index in [-0.39, 0.29) is 29.4 Å². The van der Waals surface area contributed by atoms with Gasteiger partial charge in [0.2, 0.25) is 0 Å². The molecule has 3 aliphatic carbocycles. The monoisotopic (exact) mass is 588 g/mol. The van der Waals surface area contributed by atoms with Crippen molar-refractivity contribution >= 4 is 11.8 Å². The van der Waals surface area contributed by atoms with E-state index in [1.54, 1.807) is 0 Å². The third-order valence-corrected chi connectivity index (χ3v) is 7.28. The topological polar surface area (TPSA) is 125 Å². The smallest absolute Gasteiger partial charge is 0.484 e. The number of carbonyl (C=O) groups is 2. The number of halogens is 5. The highest BCUT2D eigenvalue weighted by atomic mass is 19.4. The quantitative estimate of drug-likeness (QED) is 0.381. The molecule has 222 valence electrons. The Morgan fingerprint density at radius 2 is 1.41 bits per heavy atom. The normalized spacial score (nSPS) is 25.8. The lowest BCUT2D eigenvalue weighted by atomic mass is 9.60. The van der Waals surface area contributed by atoms with Crippen molar-refractivity contribution in [2.45, 2.75) is 61.9 Å². The minimum Gasteiger partial charge on any atom is -0.484 e. The first-order chi connectivity index (χ1) is 19.2. The molecule has 0 unspecified atom stereocenters. The summed E-state index contributed by atoms with van der Waals surface area (Å²) in [5.74, 6) is -1.52. The number of rotatable bonds is 9. The number of benzene rings is 2. The maximum atomic E-state index is 13.2. The van der Waals surface area contributed by atoms with Gasteiger partial charge in [-0.15, -0.1) is 22.0 Å². The Bertz CT molecular complexity index is 1300. The Kier molecular flexibility index (Phi) is 7.26. The van der Waals surface area contributed by atoms with Crippen LogP contribution < -0.4 is 34.3 Å². The number of aliphatic hydroxyl groups excluding tert-OH is 1. The highest BCUT2D eigenvalue weighted by Gasteiger charge is 2.55. The van der Waals surface area contributed by atoms with Crippen molar-refractivity contribution in [2.24, 2.45) is 0 Å². The molecule has 2 amide bonds. The van der Waals surface area contributed by atoms with Gasteiger partial charge in [0.15, 0.2) is 24.7 Å². The molecule has 15 heteroatoms. The maximum absolute atomic E-state index is 13.2. The Labute approximate surface area is 229 Å². The van der Waals surface area contributed by atoms with E-state index in [1.807, 2.05) is 0 Å². The summed E-state index contributed by atoms with van der Waals surface area (Å²) in [6.45, 7) is -0.832. The molecule has 6 rings (SSSR count). The molecule has 3 fully saturated rings. The van der Waals surface area contributed by atoms with E-state index >= 15 is 0 Å². The molecule has 4 aliphatic rings. The molecular weight excluding hydrogens is 563 g/mol. The zero-order valence-corrected chi connectivity index (χ0v) is 21.3. The third-order valence-electron chi connectivity index (χ3n) is 7.28. The van der Waals surface area contributed by atoms with Gasteiger partial charge in [-0.25, -0.2) is 0 Å². The maximum Gasteiger partial charge on any atom is 0.586 e. The number of hydrogen-bond acceptors (Lipinski definition) is 8. The van der Waals surface area contributed by atoms with E-state index in [0.717, 1.165) is 12.1 Å². The van der Waals surface area contributed by atoms with Gasteiger partial charge in [-0.1, -0.05) is 0 Å². The van der Waals surface area contributed by atoms with Crippen LogP contribution in [-0.4, -0.2) is 60.0 Å². The van der Waals surface area contributed by atoms with Crippen LogP contribution in [0.15, 0.2) is 42.5 Å².